The number of benzene rings is 3. The van der Waals surface area contributed by atoms with Crippen LogP contribution >= 0.6 is 0 Å². The Morgan fingerprint density at radius 3 is 1.93 bits per heavy atom. The fourth-order valence-electron chi connectivity index (χ4n) is 10.1. The lowest BCUT2D eigenvalue weighted by atomic mass is 9.45. The molecule has 4 heteroatoms. The van der Waals surface area contributed by atoms with Crippen molar-refractivity contribution in [3.8, 4) is 0 Å². The number of ketones is 1. The molecule has 3 aromatic carbocycles. The predicted octanol–water partition coefficient (Wildman–Crippen LogP) is 5.79. The zero-order valence-corrected chi connectivity index (χ0v) is 26.0. The SMILES string of the molecule is C[C@H]1C[C@@H]2[C@H](CC[C@]3(C)[C@@H](O[Si](c4ccccc4)(c4ccccc4)c4ccccc4)CC[C@@H]23)[C@@]2(CO)CCC(=O)C=C12. The Morgan fingerprint density at radius 2 is 1.38 bits per heavy atom. The molecule has 3 aromatic rings. The molecule has 3 fully saturated rings. The molecular formula is C38H44O3Si. The Bertz CT molecular complexity index is 1360. The second kappa shape index (κ2) is 10.7. The van der Waals surface area contributed by atoms with E-state index in [0.717, 1.165) is 32.1 Å². The van der Waals surface area contributed by atoms with Gasteiger partial charge in [0.25, 0.3) is 8.32 Å². The van der Waals surface area contributed by atoms with Crippen molar-refractivity contribution >= 4 is 29.7 Å². The minimum atomic E-state index is -2.81. The number of aliphatic hydroxyl groups excluding tert-OH is 1. The molecule has 0 aliphatic heterocycles. The largest absolute Gasteiger partial charge is 0.401 e. The molecule has 0 spiro atoms. The van der Waals surface area contributed by atoms with E-state index in [9.17, 15) is 9.90 Å². The average molecular weight is 577 g/mol. The highest BCUT2D eigenvalue weighted by Gasteiger charge is 2.62. The van der Waals surface area contributed by atoms with Crippen LogP contribution in [0.2, 0.25) is 0 Å². The molecular weight excluding hydrogens is 533 g/mol. The molecule has 42 heavy (non-hydrogen) atoms. The first kappa shape index (κ1) is 28.0. The van der Waals surface area contributed by atoms with E-state index in [2.05, 4.69) is 105 Å². The maximum atomic E-state index is 12.5. The van der Waals surface area contributed by atoms with Gasteiger partial charge in [0.2, 0.25) is 0 Å². The van der Waals surface area contributed by atoms with Gasteiger partial charge in [-0.3, -0.25) is 4.79 Å². The fraction of sp³-hybridized carbons (Fsp3) is 0.447. The highest BCUT2D eigenvalue weighted by Crippen LogP contribution is 2.66. The summed E-state index contributed by atoms with van der Waals surface area (Å²) in [7, 11) is -2.81. The maximum absolute atomic E-state index is 12.5. The third kappa shape index (κ3) is 4.17. The second-order valence-corrected chi connectivity index (χ2v) is 17.2. The standard InChI is InChI=1S/C38H44O3Si/c1-27-24-32-33-18-19-36(37(33,2)22-21-34(32)38(26-39)23-20-28(40)25-35(27)38)41-42(29-12-6-3-7-13-29,30-14-8-4-9-15-30)31-16-10-5-11-17-31/h3-17,25,27,32-34,36,39H,18-24,26H2,1-2H3/t27-,32-,33-,34-,36-,37-,38-/m0/s1. The van der Waals surface area contributed by atoms with E-state index in [0.29, 0.717) is 30.1 Å². The summed E-state index contributed by atoms with van der Waals surface area (Å²) in [6.45, 7) is 5.00. The van der Waals surface area contributed by atoms with Gasteiger partial charge >= 0.3 is 0 Å². The molecule has 7 atom stereocenters. The van der Waals surface area contributed by atoms with Crippen molar-refractivity contribution in [2.75, 3.05) is 6.61 Å². The van der Waals surface area contributed by atoms with Crippen LogP contribution in [0.25, 0.3) is 0 Å². The summed E-state index contributed by atoms with van der Waals surface area (Å²) in [5.74, 6) is 2.18. The molecule has 4 aliphatic rings. The minimum absolute atomic E-state index is 0.0832. The minimum Gasteiger partial charge on any atom is -0.401 e. The first-order valence-electron chi connectivity index (χ1n) is 16.1. The monoisotopic (exact) mass is 576 g/mol. The Kier molecular flexibility index (Phi) is 7.16. The molecule has 7 rings (SSSR count). The molecule has 0 radical (unpaired) electrons. The Morgan fingerprint density at radius 1 is 0.810 bits per heavy atom. The lowest BCUT2D eigenvalue weighted by molar-refractivity contribution is -0.121. The van der Waals surface area contributed by atoms with E-state index in [-0.39, 0.29) is 29.3 Å². The summed E-state index contributed by atoms with van der Waals surface area (Å²) in [5.41, 5.74) is 1.12. The van der Waals surface area contributed by atoms with Gasteiger partial charge in [-0.1, -0.05) is 110 Å². The summed E-state index contributed by atoms with van der Waals surface area (Å²) in [4.78, 5) is 12.5. The Balaban J connectivity index is 1.29. The molecule has 0 unspecified atom stereocenters. The molecule has 0 aromatic heterocycles. The topological polar surface area (TPSA) is 46.5 Å². The normalized spacial score (nSPS) is 34.2. The van der Waals surface area contributed by atoms with Gasteiger partial charge in [0.05, 0.1) is 12.7 Å². The van der Waals surface area contributed by atoms with E-state index in [1.165, 1.54) is 27.6 Å². The number of aliphatic hydroxyl groups is 1. The van der Waals surface area contributed by atoms with Crippen LogP contribution in [0.5, 0.6) is 0 Å². The van der Waals surface area contributed by atoms with Crippen molar-refractivity contribution in [2.24, 2.45) is 34.5 Å². The van der Waals surface area contributed by atoms with Crippen molar-refractivity contribution in [1.82, 2.24) is 0 Å². The smallest absolute Gasteiger partial charge is 0.288 e. The highest BCUT2D eigenvalue weighted by atomic mass is 28.4. The van der Waals surface area contributed by atoms with Gasteiger partial charge in [-0.25, -0.2) is 0 Å². The van der Waals surface area contributed by atoms with Crippen molar-refractivity contribution in [3.05, 3.63) is 103 Å². The van der Waals surface area contributed by atoms with Crippen LogP contribution < -0.4 is 15.6 Å². The van der Waals surface area contributed by atoms with Crippen LogP contribution in [-0.2, 0) is 9.22 Å². The molecule has 3 nitrogen and oxygen atoms in total. The molecule has 0 heterocycles. The maximum Gasteiger partial charge on any atom is 0.288 e. The van der Waals surface area contributed by atoms with Gasteiger partial charge in [0, 0.05) is 11.8 Å². The molecule has 3 saturated carbocycles. The van der Waals surface area contributed by atoms with Crippen LogP contribution in [0.3, 0.4) is 0 Å². The van der Waals surface area contributed by atoms with E-state index in [4.69, 9.17) is 4.43 Å². The zero-order chi connectivity index (χ0) is 29.0. The number of hydrogen-bond acceptors (Lipinski definition) is 3. The van der Waals surface area contributed by atoms with E-state index in [1.54, 1.807) is 0 Å². The highest BCUT2D eigenvalue weighted by molar-refractivity contribution is 7.07. The van der Waals surface area contributed by atoms with Crippen LogP contribution in [0, 0.1) is 34.5 Å². The number of carbonyl (C=O) groups is 1. The van der Waals surface area contributed by atoms with Gasteiger partial charge in [-0.2, -0.15) is 0 Å². The predicted molar refractivity (Wildman–Crippen MR) is 172 cm³/mol. The molecule has 0 bridgehead atoms. The van der Waals surface area contributed by atoms with E-state index >= 15 is 0 Å². The van der Waals surface area contributed by atoms with Crippen LogP contribution in [0.15, 0.2) is 103 Å². The average Bonchev–Trinajstić information content (AvgIpc) is 3.37. The Hall–Kier alpha value is -2.79. The molecule has 0 saturated heterocycles. The Labute approximate surface area is 252 Å². The van der Waals surface area contributed by atoms with Crippen molar-refractivity contribution in [1.29, 1.82) is 0 Å². The van der Waals surface area contributed by atoms with Crippen molar-refractivity contribution < 1.29 is 14.3 Å². The number of hydrogen-bond donors (Lipinski definition) is 1. The van der Waals surface area contributed by atoms with Crippen LogP contribution in [0.1, 0.15) is 58.8 Å². The van der Waals surface area contributed by atoms with E-state index in [1.807, 2.05) is 6.08 Å². The zero-order valence-electron chi connectivity index (χ0n) is 25.0. The van der Waals surface area contributed by atoms with Gasteiger partial charge in [0.15, 0.2) is 5.78 Å². The lowest BCUT2D eigenvalue weighted by Crippen LogP contribution is -2.71. The number of carbonyl (C=O) groups excluding carboxylic acids is 1. The van der Waals surface area contributed by atoms with Crippen LogP contribution in [-0.4, -0.2) is 31.9 Å². The summed E-state index contributed by atoms with van der Waals surface area (Å²) in [6, 6.07) is 33.0. The molecule has 1 N–H and O–H groups in total. The summed E-state index contributed by atoms with van der Waals surface area (Å²) in [5, 5.41) is 14.8. The van der Waals surface area contributed by atoms with Gasteiger partial charge in [-0.15, -0.1) is 0 Å². The second-order valence-electron chi connectivity index (χ2n) is 13.9. The van der Waals surface area contributed by atoms with Crippen molar-refractivity contribution in [3.63, 3.8) is 0 Å². The lowest BCUT2D eigenvalue weighted by Gasteiger charge is -2.60. The van der Waals surface area contributed by atoms with E-state index < -0.39 is 8.32 Å². The summed E-state index contributed by atoms with van der Waals surface area (Å²) in [6.07, 6.45) is 9.08. The summed E-state index contributed by atoms with van der Waals surface area (Å²) >= 11 is 0. The number of fused-ring (bicyclic) bond motifs is 5. The molecule has 4 aliphatic carbocycles. The van der Waals surface area contributed by atoms with Gasteiger partial charge in [0.1, 0.15) is 0 Å². The molecule has 0 amide bonds. The first-order valence-corrected chi connectivity index (χ1v) is 18.0. The van der Waals surface area contributed by atoms with Gasteiger partial charge in [-0.05, 0) is 89.2 Å². The number of rotatable bonds is 6. The fourth-order valence-corrected chi connectivity index (χ4v) is 14.3. The third-order valence-corrected chi connectivity index (χ3v) is 16.1. The first-order chi connectivity index (χ1) is 20.4. The summed E-state index contributed by atoms with van der Waals surface area (Å²) < 4.78 is 7.84. The quantitative estimate of drug-likeness (QED) is 0.299. The van der Waals surface area contributed by atoms with Gasteiger partial charge < -0.3 is 9.53 Å². The molecule has 218 valence electrons. The third-order valence-electron chi connectivity index (χ3n) is 12.1. The van der Waals surface area contributed by atoms with Crippen molar-refractivity contribution in [2.45, 2.75) is 64.9 Å². The van der Waals surface area contributed by atoms with Crippen LogP contribution in [0.4, 0.5) is 0 Å².